The summed E-state index contributed by atoms with van der Waals surface area (Å²) in [5.74, 6) is 0.671. The molecule has 0 saturated heterocycles. The number of hydrogen-bond acceptors (Lipinski definition) is 4. The summed E-state index contributed by atoms with van der Waals surface area (Å²) in [6, 6.07) is 68.4. The van der Waals surface area contributed by atoms with Crippen LogP contribution in [0.5, 0.6) is 0 Å². The molecule has 11 rings (SSSR count). The summed E-state index contributed by atoms with van der Waals surface area (Å²) in [6.45, 7) is 0. The molecule has 11 aromatic rings. The molecular formula is C52H32N2OS. The second kappa shape index (κ2) is 13.3. The Morgan fingerprint density at radius 3 is 1.68 bits per heavy atom. The quantitative estimate of drug-likeness (QED) is 0.171. The molecule has 262 valence electrons. The van der Waals surface area contributed by atoms with E-state index in [0.29, 0.717) is 5.82 Å². The van der Waals surface area contributed by atoms with Crippen LogP contribution in [-0.4, -0.2) is 9.97 Å². The summed E-state index contributed by atoms with van der Waals surface area (Å²) in [7, 11) is 0. The minimum Gasteiger partial charge on any atom is -0.455 e. The predicted molar refractivity (Wildman–Crippen MR) is 235 cm³/mol. The molecule has 4 heteroatoms. The average Bonchev–Trinajstić information content (AvgIpc) is 3.86. The molecule has 0 bridgehead atoms. The number of thiophene rings is 1. The molecule has 0 amide bonds. The summed E-state index contributed by atoms with van der Waals surface area (Å²) >= 11 is 1.83. The number of fused-ring (bicyclic) bond motifs is 6. The summed E-state index contributed by atoms with van der Waals surface area (Å²) in [5, 5.41) is 4.64. The fourth-order valence-electron chi connectivity index (χ4n) is 8.03. The summed E-state index contributed by atoms with van der Waals surface area (Å²) in [4.78, 5) is 10.6. The molecule has 8 aromatic carbocycles. The van der Waals surface area contributed by atoms with Crippen LogP contribution in [0.25, 0.3) is 109 Å². The molecule has 0 atom stereocenters. The minimum absolute atomic E-state index is 0.671. The van der Waals surface area contributed by atoms with E-state index >= 15 is 0 Å². The minimum atomic E-state index is 0.671. The van der Waals surface area contributed by atoms with Gasteiger partial charge in [-0.15, -0.1) is 11.3 Å². The number of hydrogen-bond donors (Lipinski definition) is 0. The van der Waals surface area contributed by atoms with Crippen LogP contribution >= 0.6 is 11.3 Å². The molecule has 0 fully saturated rings. The van der Waals surface area contributed by atoms with Crippen molar-refractivity contribution in [2.24, 2.45) is 0 Å². The summed E-state index contributed by atoms with van der Waals surface area (Å²) in [6.07, 6.45) is 0. The number of rotatable bonds is 6. The van der Waals surface area contributed by atoms with Crippen molar-refractivity contribution in [2.45, 2.75) is 0 Å². The van der Waals surface area contributed by atoms with Gasteiger partial charge in [0.05, 0.1) is 11.4 Å². The highest BCUT2D eigenvalue weighted by atomic mass is 32.1. The van der Waals surface area contributed by atoms with Crippen molar-refractivity contribution < 1.29 is 4.42 Å². The van der Waals surface area contributed by atoms with E-state index in [0.717, 1.165) is 77.8 Å². The lowest BCUT2D eigenvalue weighted by atomic mass is 9.93. The fourth-order valence-corrected chi connectivity index (χ4v) is 9.26. The van der Waals surface area contributed by atoms with E-state index in [-0.39, 0.29) is 0 Å². The van der Waals surface area contributed by atoms with Crippen LogP contribution in [0, 0.1) is 0 Å². The number of benzene rings is 8. The van der Waals surface area contributed by atoms with Gasteiger partial charge in [0.1, 0.15) is 11.2 Å². The molecule has 0 radical (unpaired) electrons. The Kier molecular flexibility index (Phi) is 7.68. The topological polar surface area (TPSA) is 38.9 Å². The van der Waals surface area contributed by atoms with Gasteiger partial charge in [-0.25, -0.2) is 9.97 Å². The van der Waals surface area contributed by atoms with Crippen molar-refractivity contribution in [1.29, 1.82) is 0 Å². The van der Waals surface area contributed by atoms with E-state index in [2.05, 4.69) is 170 Å². The smallest absolute Gasteiger partial charge is 0.160 e. The Hall–Kier alpha value is -7.14. The maximum Gasteiger partial charge on any atom is 0.160 e. The largest absolute Gasteiger partial charge is 0.455 e. The number of nitrogens with zero attached hydrogens (tertiary/aromatic N) is 2. The van der Waals surface area contributed by atoms with Gasteiger partial charge in [-0.1, -0.05) is 152 Å². The third-order valence-corrected chi connectivity index (χ3v) is 11.9. The first kappa shape index (κ1) is 32.3. The molecule has 0 unspecified atom stereocenters. The number of aromatic nitrogens is 2. The molecule has 0 N–H and O–H groups in total. The first-order chi connectivity index (χ1) is 27.7. The Morgan fingerprint density at radius 1 is 0.375 bits per heavy atom. The first-order valence-corrected chi connectivity index (χ1v) is 19.6. The van der Waals surface area contributed by atoms with E-state index in [1.54, 1.807) is 0 Å². The van der Waals surface area contributed by atoms with E-state index in [1.807, 2.05) is 35.6 Å². The zero-order chi connectivity index (χ0) is 37.0. The van der Waals surface area contributed by atoms with Crippen LogP contribution in [-0.2, 0) is 0 Å². The van der Waals surface area contributed by atoms with Crippen molar-refractivity contribution in [2.75, 3.05) is 0 Å². The highest BCUT2D eigenvalue weighted by Crippen LogP contribution is 2.46. The molecule has 3 nitrogen and oxygen atoms in total. The Morgan fingerprint density at radius 2 is 0.946 bits per heavy atom. The fraction of sp³-hybridized carbons (Fsp3) is 0. The molecular weight excluding hydrogens is 701 g/mol. The molecule has 0 saturated carbocycles. The molecule has 56 heavy (non-hydrogen) atoms. The van der Waals surface area contributed by atoms with Crippen molar-refractivity contribution >= 4 is 53.4 Å². The van der Waals surface area contributed by atoms with Gasteiger partial charge in [-0.2, -0.15) is 0 Å². The summed E-state index contributed by atoms with van der Waals surface area (Å²) < 4.78 is 9.38. The van der Waals surface area contributed by atoms with E-state index < -0.39 is 0 Å². The second-order valence-corrected chi connectivity index (χ2v) is 15.2. The average molecular weight is 733 g/mol. The Bertz CT molecular complexity index is 3180. The molecule has 3 aromatic heterocycles. The molecule has 3 heterocycles. The van der Waals surface area contributed by atoms with Crippen molar-refractivity contribution in [1.82, 2.24) is 9.97 Å². The van der Waals surface area contributed by atoms with Crippen molar-refractivity contribution in [3.05, 3.63) is 194 Å². The van der Waals surface area contributed by atoms with E-state index in [4.69, 9.17) is 14.4 Å². The Labute approximate surface area is 327 Å². The second-order valence-electron chi connectivity index (χ2n) is 14.1. The lowest BCUT2D eigenvalue weighted by Crippen LogP contribution is -1.97. The highest BCUT2D eigenvalue weighted by molar-refractivity contribution is 7.26. The van der Waals surface area contributed by atoms with Gasteiger partial charge < -0.3 is 4.42 Å². The predicted octanol–water partition coefficient (Wildman–Crippen LogP) is 14.7. The van der Waals surface area contributed by atoms with E-state index in [1.165, 1.54) is 25.7 Å². The monoisotopic (exact) mass is 732 g/mol. The van der Waals surface area contributed by atoms with Crippen molar-refractivity contribution in [3.63, 3.8) is 0 Å². The normalized spacial score (nSPS) is 11.6. The zero-order valence-corrected chi connectivity index (χ0v) is 31.0. The Balaban J connectivity index is 1.17. The third kappa shape index (κ3) is 5.50. The maximum absolute atomic E-state index is 6.84. The molecule has 0 spiro atoms. The lowest BCUT2D eigenvalue weighted by molar-refractivity contribution is 0.670. The zero-order valence-electron chi connectivity index (χ0n) is 30.2. The van der Waals surface area contributed by atoms with Crippen molar-refractivity contribution in [3.8, 4) is 67.3 Å². The van der Waals surface area contributed by atoms with Crippen LogP contribution in [0.15, 0.2) is 199 Å². The van der Waals surface area contributed by atoms with Gasteiger partial charge in [0.15, 0.2) is 5.82 Å². The number of para-hydroxylation sites is 1. The standard InChI is InChI=1S/C52H32N2OS/c1-4-15-33(16-5-1)36-29-37(34-17-6-2-7-18-34)31-38(30-36)45-32-46(54-52(53-45)35-19-8-3-9-20-35)43-28-27-40(50-49(43)44-22-10-12-25-47(44)55-50)42-24-14-23-41-39-21-11-13-26-48(39)56-51(41)42/h1-32H. The maximum atomic E-state index is 6.84. The van der Waals surface area contributed by atoms with Crippen LogP contribution < -0.4 is 0 Å². The molecule has 0 aliphatic carbocycles. The van der Waals surface area contributed by atoms with Crippen LogP contribution in [0.4, 0.5) is 0 Å². The molecule has 0 aliphatic heterocycles. The van der Waals surface area contributed by atoms with Gasteiger partial charge in [-0.3, -0.25) is 0 Å². The van der Waals surface area contributed by atoms with Crippen LogP contribution in [0.3, 0.4) is 0 Å². The van der Waals surface area contributed by atoms with Gasteiger partial charge in [0, 0.05) is 58.8 Å². The molecule has 0 aliphatic rings. The van der Waals surface area contributed by atoms with Crippen LogP contribution in [0.2, 0.25) is 0 Å². The van der Waals surface area contributed by atoms with Gasteiger partial charge in [0.2, 0.25) is 0 Å². The van der Waals surface area contributed by atoms with Gasteiger partial charge in [0.25, 0.3) is 0 Å². The van der Waals surface area contributed by atoms with Gasteiger partial charge in [-0.05, 0) is 64.7 Å². The van der Waals surface area contributed by atoms with E-state index in [9.17, 15) is 0 Å². The SMILES string of the molecule is c1ccc(-c2cc(-c3ccccc3)cc(-c3cc(-c4ccc(-c5cccc6c5sc5ccccc56)c5oc6ccccc6c45)nc(-c4ccccc4)n3)c2)cc1. The number of furan rings is 1. The highest BCUT2D eigenvalue weighted by Gasteiger charge is 2.22. The first-order valence-electron chi connectivity index (χ1n) is 18.8. The van der Waals surface area contributed by atoms with Gasteiger partial charge >= 0.3 is 0 Å². The lowest BCUT2D eigenvalue weighted by Gasteiger charge is -2.14. The summed E-state index contributed by atoms with van der Waals surface area (Å²) in [5.41, 5.74) is 13.2. The third-order valence-electron chi connectivity index (χ3n) is 10.7. The van der Waals surface area contributed by atoms with Crippen LogP contribution in [0.1, 0.15) is 0 Å².